The highest BCUT2D eigenvalue weighted by Gasteiger charge is 2.33. The fourth-order valence-corrected chi connectivity index (χ4v) is 3.85. The second-order valence-corrected chi connectivity index (χ2v) is 7.77. The molecule has 4 rings (SSSR count). The molecule has 3 aromatic rings. The van der Waals surface area contributed by atoms with E-state index in [9.17, 15) is 13.2 Å². The van der Waals surface area contributed by atoms with Crippen molar-refractivity contribution in [3.63, 3.8) is 0 Å². The van der Waals surface area contributed by atoms with E-state index >= 15 is 0 Å². The topological polar surface area (TPSA) is 82.1 Å². The van der Waals surface area contributed by atoms with Crippen LogP contribution in [0.2, 0.25) is 5.02 Å². The number of thioether (sulfide) groups is 1. The van der Waals surface area contributed by atoms with Gasteiger partial charge in [0.2, 0.25) is 17.7 Å². The number of hydrogen-bond donors (Lipinski definition) is 0. The van der Waals surface area contributed by atoms with Crippen molar-refractivity contribution in [2.24, 2.45) is 0 Å². The van der Waals surface area contributed by atoms with Crippen LogP contribution < -0.4 is 4.90 Å². The van der Waals surface area contributed by atoms with Crippen LogP contribution in [0.25, 0.3) is 11.4 Å². The average molecular weight is 461 g/mol. The van der Waals surface area contributed by atoms with Gasteiger partial charge in [-0.2, -0.15) is 18.2 Å². The Kier molecular flexibility index (Phi) is 6.16. The number of anilines is 1. The number of ether oxygens (including phenoxy) is 1. The molecule has 2 aromatic heterocycles. The second kappa shape index (κ2) is 8.82. The zero-order valence-electron chi connectivity index (χ0n) is 15.5. The molecule has 0 radical (unpaired) electrons. The third kappa shape index (κ3) is 5.05. The van der Waals surface area contributed by atoms with Gasteiger partial charge in [0.1, 0.15) is 6.54 Å². The minimum Gasteiger partial charge on any atom is -0.378 e. The lowest BCUT2D eigenvalue weighted by Gasteiger charge is -2.28. The van der Waals surface area contributed by atoms with E-state index in [-0.39, 0.29) is 22.7 Å². The molecule has 0 amide bonds. The summed E-state index contributed by atoms with van der Waals surface area (Å²) >= 11 is 7.01. The van der Waals surface area contributed by atoms with Crippen molar-refractivity contribution in [3.8, 4) is 11.4 Å². The summed E-state index contributed by atoms with van der Waals surface area (Å²) in [7, 11) is 0. The summed E-state index contributed by atoms with van der Waals surface area (Å²) in [6.45, 7) is 0.568. The molecule has 3 heterocycles. The Hall–Kier alpha value is -2.31. The minimum absolute atomic E-state index is 0.122. The molecule has 0 bridgehead atoms. The van der Waals surface area contributed by atoms with E-state index in [1.54, 1.807) is 29.2 Å². The van der Waals surface area contributed by atoms with Crippen molar-refractivity contribution in [1.82, 2.24) is 24.9 Å². The van der Waals surface area contributed by atoms with E-state index < -0.39 is 12.7 Å². The van der Waals surface area contributed by atoms with Gasteiger partial charge < -0.3 is 14.2 Å². The van der Waals surface area contributed by atoms with Crippen molar-refractivity contribution in [2.75, 3.05) is 31.2 Å². The zero-order chi connectivity index (χ0) is 21.1. The maximum absolute atomic E-state index is 13.2. The van der Waals surface area contributed by atoms with E-state index in [0.717, 1.165) is 16.3 Å². The van der Waals surface area contributed by atoms with Gasteiger partial charge in [-0.1, -0.05) is 40.7 Å². The fraction of sp³-hybridized carbons (Fsp3) is 0.412. The summed E-state index contributed by atoms with van der Waals surface area (Å²) in [6, 6.07) is 6.96. The first kappa shape index (κ1) is 20.9. The molecule has 1 fully saturated rings. The van der Waals surface area contributed by atoms with E-state index in [2.05, 4.69) is 20.3 Å². The normalized spacial score (nSPS) is 15.0. The minimum atomic E-state index is -4.41. The maximum atomic E-state index is 13.2. The van der Waals surface area contributed by atoms with Gasteiger partial charge in [-0.25, -0.2) is 0 Å². The van der Waals surface area contributed by atoms with Crippen LogP contribution in [0.4, 0.5) is 19.1 Å². The SMILES string of the molecule is FC(F)(F)Cn1c(SCc2nc(-c3cccc(Cl)c3)no2)nnc1N1CCOCC1. The molecule has 160 valence electrons. The Bertz CT molecular complexity index is 1010. The van der Waals surface area contributed by atoms with Crippen LogP contribution in [0.5, 0.6) is 0 Å². The van der Waals surface area contributed by atoms with Crippen LogP contribution in [-0.2, 0) is 17.0 Å². The number of alkyl halides is 3. The Balaban J connectivity index is 1.51. The molecule has 1 aliphatic heterocycles. The van der Waals surface area contributed by atoms with Crippen molar-refractivity contribution in [3.05, 3.63) is 35.2 Å². The number of halogens is 4. The molecule has 0 aliphatic carbocycles. The second-order valence-electron chi connectivity index (χ2n) is 6.39. The van der Waals surface area contributed by atoms with E-state index in [4.69, 9.17) is 20.9 Å². The van der Waals surface area contributed by atoms with Gasteiger partial charge in [0, 0.05) is 23.7 Å². The van der Waals surface area contributed by atoms with Crippen LogP contribution >= 0.6 is 23.4 Å². The standard InChI is InChI=1S/C17H16ClF3N6O2S/c18-12-3-1-2-11(8-12)14-22-13(29-25-14)9-30-16-24-23-15(26-4-6-28-7-5-26)27(16)10-17(19,20)21/h1-3,8H,4-7,9-10H2. The lowest BCUT2D eigenvalue weighted by molar-refractivity contribution is -0.141. The lowest BCUT2D eigenvalue weighted by Crippen LogP contribution is -2.38. The molecule has 0 N–H and O–H groups in total. The van der Waals surface area contributed by atoms with Gasteiger partial charge in [-0.05, 0) is 12.1 Å². The summed E-state index contributed by atoms with van der Waals surface area (Å²) in [5.41, 5.74) is 0.678. The molecule has 0 atom stereocenters. The Labute approximate surface area is 178 Å². The number of nitrogens with zero attached hydrogens (tertiary/aromatic N) is 6. The van der Waals surface area contributed by atoms with Crippen molar-refractivity contribution < 1.29 is 22.4 Å². The number of benzene rings is 1. The van der Waals surface area contributed by atoms with Crippen LogP contribution in [0.15, 0.2) is 33.9 Å². The van der Waals surface area contributed by atoms with Crippen molar-refractivity contribution >= 4 is 29.3 Å². The number of hydrogen-bond acceptors (Lipinski definition) is 8. The largest absolute Gasteiger partial charge is 0.406 e. The predicted molar refractivity (Wildman–Crippen MR) is 103 cm³/mol. The summed E-state index contributed by atoms with van der Waals surface area (Å²) in [4.78, 5) is 6.01. The molecular formula is C17H16ClF3N6O2S. The summed E-state index contributed by atoms with van der Waals surface area (Å²) in [6.07, 6.45) is -4.41. The van der Waals surface area contributed by atoms with Gasteiger partial charge in [0.15, 0.2) is 5.16 Å². The molecular weight excluding hydrogens is 445 g/mol. The van der Waals surface area contributed by atoms with Crippen LogP contribution in [0, 0.1) is 0 Å². The van der Waals surface area contributed by atoms with E-state index in [1.165, 1.54) is 0 Å². The lowest BCUT2D eigenvalue weighted by atomic mass is 10.2. The quantitative estimate of drug-likeness (QED) is 0.515. The predicted octanol–water partition coefficient (Wildman–Crippen LogP) is 3.67. The molecule has 0 unspecified atom stereocenters. The first-order chi connectivity index (χ1) is 14.4. The highest BCUT2D eigenvalue weighted by molar-refractivity contribution is 7.98. The molecule has 0 saturated carbocycles. The first-order valence-corrected chi connectivity index (χ1v) is 10.3. The van der Waals surface area contributed by atoms with Gasteiger partial charge >= 0.3 is 6.18 Å². The Morgan fingerprint density at radius 1 is 1.17 bits per heavy atom. The van der Waals surface area contributed by atoms with Crippen LogP contribution in [0.1, 0.15) is 5.89 Å². The Morgan fingerprint density at radius 3 is 2.70 bits per heavy atom. The van der Waals surface area contributed by atoms with Gasteiger partial charge in [0.25, 0.3) is 0 Å². The van der Waals surface area contributed by atoms with E-state index in [0.29, 0.717) is 42.7 Å². The molecule has 13 heteroatoms. The van der Waals surface area contributed by atoms with Crippen molar-refractivity contribution in [2.45, 2.75) is 23.6 Å². The zero-order valence-corrected chi connectivity index (χ0v) is 17.0. The maximum Gasteiger partial charge on any atom is 0.406 e. The van der Waals surface area contributed by atoms with Crippen LogP contribution in [0.3, 0.4) is 0 Å². The average Bonchev–Trinajstić information content (AvgIpc) is 3.33. The number of aromatic nitrogens is 5. The highest BCUT2D eigenvalue weighted by Crippen LogP contribution is 2.30. The van der Waals surface area contributed by atoms with Gasteiger partial charge in [0.05, 0.1) is 19.0 Å². The first-order valence-electron chi connectivity index (χ1n) is 8.93. The third-order valence-electron chi connectivity index (χ3n) is 4.20. The van der Waals surface area contributed by atoms with Gasteiger partial charge in [-0.15, -0.1) is 10.2 Å². The Morgan fingerprint density at radius 2 is 1.97 bits per heavy atom. The highest BCUT2D eigenvalue weighted by atomic mass is 35.5. The number of rotatable bonds is 6. The van der Waals surface area contributed by atoms with Crippen LogP contribution in [-0.4, -0.2) is 57.4 Å². The van der Waals surface area contributed by atoms with E-state index in [1.807, 2.05) is 0 Å². The molecule has 30 heavy (non-hydrogen) atoms. The molecule has 0 spiro atoms. The fourth-order valence-electron chi connectivity index (χ4n) is 2.89. The summed E-state index contributed by atoms with van der Waals surface area (Å²) in [5, 5.41) is 12.5. The van der Waals surface area contributed by atoms with Crippen molar-refractivity contribution in [1.29, 1.82) is 0 Å². The molecule has 1 aliphatic rings. The monoisotopic (exact) mass is 460 g/mol. The molecule has 1 aromatic carbocycles. The number of morpholine rings is 1. The summed E-state index contributed by atoms with van der Waals surface area (Å²) in [5.74, 6) is 0.915. The summed E-state index contributed by atoms with van der Waals surface area (Å²) < 4.78 is 51.0. The molecule has 8 nitrogen and oxygen atoms in total. The molecule has 1 saturated heterocycles. The third-order valence-corrected chi connectivity index (χ3v) is 5.39. The van der Waals surface area contributed by atoms with Gasteiger partial charge in [-0.3, -0.25) is 4.57 Å². The smallest absolute Gasteiger partial charge is 0.378 e.